The summed E-state index contributed by atoms with van der Waals surface area (Å²) >= 11 is 3.23. The van der Waals surface area contributed by atoms with Crippen molar-refractivity contribution in [3.63, 3.8) is 0 Å². The van der Waals surface area contributed by atoms with E-state index >= 15 is 0 Å². The predicted molar refractivity (Wildman–Crippen MR) is 78.3 cm³/mol. The average molecular weight is 331 g/mol. The van der Waals surface area contributed by atoms with Crippen LogP contribution in [0.5, 0.6) is 0 Å². The van der Waals surface area contributed by atoms with E-state index in [-0.39, 0.29) is 24.3 Å². The van der Waals surface area contributed by atoms with E-state index < -0.39 is 0 Å². The lowest BCUT2D eigenvalue weighted by Crippen LogP contribution is -2.39. The van der Waals surface area contributed by atoms with Gasteiger partial charge in [0.25, 0.3) is 0 Å². The molecule has 5 heteroatoms. The standard InChI is InChI=1S/C14H20BrFN2O/c1-4-18(9-14(19)17-10(2)3)8-11-5-6-12(15)7-13(11)16/h5-7,10H,4,8-9H2,1-3H3,(H,17,19). The quantitative estimate of drug-likeness (QED) is 0.869. The number of benzene rings is 1. The summed E-state index contributed by atoms with van der Waals surface area (Å²) in [5.74, 6) is -0.286. The van der Waals surface area contributed by atoms with Crippen LogP contribution in [0.4, 0.5) is 4.39 Å². The largest absolute Gasteiger partial charge is 0.353 e. The van der Waals surface area contributed by atoms with Gasteiger partial charge in [0.15, 0.2) is 0 Å². The second-order valence-corrected chi connectivity index (χ2v) is 5.68. The molecule has 3 nitrogen and oxygen atoms in total. The third-order valence-electron chi connectivity index (χ3n) is 2.67. The van der Waals surface area contributed by atoms with Gasteiger partial charge in [-0.05, 0) is 32.5 Å². The number of amides is 1. The van der Waals surface area contributed by atoms with Crippen LogP contribution >= 0.6 is 15.9 Å². The van der Waals surface area contributed by atoms with Gasteiger partial charge in [-0.15, -0.1) is 0 Å². The van der Waals surface area contributed by atoms with Gasteiger partial charge in [-0.25, -0.2) is 4.39 Å². The summed E-state index contributed by atoms with van der Waals surface area (Å²) < 4.78 is 14.5. The van der Waals surface area contributed by atoms with Crippen molar-refractivity contribution in [3.05, 3.63) is 34.1 Å². The monoisotopic (exact) mass is 330 g/mol. The van der Waals surface area contributed by atoms with E-state index in [2.05, 4.69) is 21.2 Å². The maximum atomic E-state index is 13.7. The van der Waals surface area contributed by atoms with Gasteiger partial charge in [-0.2, -0.15) is 0 Å². The van der Waals surface area contributed by atoms with Crippen molar-refractivity contribution < 1.29 is 9.18 Å². The fourth-order valence-corrected chi connectivity index (χ4v) is 2.07. The van der Waals surface area contributed by atoms with Crippen molar-refractivity contribution in [2.75, 3.05) is 13.1 Å². The smallest absolute Gasteiger partial charge is 0.234 e. The van der Waals surface area contributed by atoms with Crippen molar-refractivity contribution in [1.82, 2.24) is 10.2 Å². The Labute approximate surface area is 122 Å². The molecule has 1 aromatic rings. The molecule has 0 spiro atoms. The minimum Gasteiger partial charge on any atom is -0.353 e. The number of carbonyl (C=O) groups is 1. The van der Waals surface area contributed by atoms with E-state index in [0.29, 0.717) is 23.1 Å². The molecule has 0 bridgehead atoms. The van der Waals surface area contributed by atoms with Crippen LogP contribution in [-0.2, 0) is 11.3 Å². The van der Waals surface area contributed by atoms with E-state index in [4.69, 9.17) is 0 Å². The summed E-state index contributed by atoms with van der Waals surface area (Å²) in [6.07, 6.45) is 0. The molecule has 0 unspecified atom stereocenters. The first kappa shape index (κ1) is 16.1. The van der Waals surface area contributed by atoms with Gasteiger partial charge in [0.2, 0.25) is 5.91 Å². The average Bonchev–Trinajstić information content (AvgIpc) is 2.30. The number of hydrogen-bond donors (Lipinski definition) is 1. The zero-order chi connectivity index (χ0) is 14.4. The van der Waals surface area contributed by atoms with Gasteiger partial charge < -0.3 is 5.32 Å². The molecule has 0 aliphatic heterocycles. The van der Waals surface area contributed by atoms with Gasteiger partial charge in [-0.3, -0.25) is 9.69 Å². The molecule has 0 heterocycles. The summed E-state index contributed by atoms with van der Waals surface area (Å²) in [4.78, 5) is 13.6. The highest BCUT2D eigenvalue weighted by Crippen LogP contribution is 2.16. The summed E-state index contributed by atoms with van der Waals surface area (Å²) in [6, 6.07) is 5.11. The molecule has 1 N–H and O–H groups in total. The van der Waals surface area contributed by atoms with Gasteiger partial charge >= 0.3 is 0 Å². The molecule has 0 aromatic heterocycles. The Bertz CT molecular complexity index is 437. The molecule has 0 atom stereocenters. The highest BCUT2D eigenvalue weighted by molar-refractivity contribution is 9.10. The molecule has 0 radical (unpaired) electrons. The first-order valence-corrected chi connectivity index (χ1v) is 7.17. The van der Waals surface area contributed by atoms with E-state index in [9.17, 15) is 9.18 Å². The molecular weight excluding hydrogens is 311 g/mol. The summed E-state index contributed by atoms with van der Waals surface area (Å²) in [6.45, 7) is 7.21. The number of halogens is 2. The molecule has 106 valence electrons. The van der Waals surface area contributed by atoms with Gasteiger partial charge in [0.05, 0.1) is 6.54 Å². The minimum atomic E-state index is -0.253. The maximum Gasteiger partial charge on any atom is 0.234 e. The van der Waals surface area contributed by atoms with Gasteiger partial charge in [0.1, 0.15) is 5.82 Å². The number of rotatable bonds is 6. The van der Waals surface area contributed by atoms with Crippen molar-refractivity contribution in [2.45, 2.75) is 33.4 Å². The fourth-order valence-electron chi connectivity index (χ4n) is 1.74. The van der Waals surface area contributed by atoms with Gasteiger partial charge in [-0.1, -0.05) is 28.9 Å². The fraction of sp³-hybridized carbons (Fsp3) is 0.500. The molecule has 1 amide bonds. The summed E-state index contributed by atoms with van der Waals surface area (Å²) in [5.41, 5.74) is 0.599. The molecule has 1 rings (SSSR count). The third kappa shape index (κ3) is 5.70. The zero-order valence-corrected chi connectivity index (χ0v) is 13.1. The van der Waals surface area contributed by atoms with Crippen LogP contribution in [0.25, 0.3) is 0 Å². The maximum absolute atomic E-state index is 13.7. The summed E-state index contributed by atoms with van der Waals surface area (Å²) in [7, 11) is 0. The Balaban J connectivity index is 2.63. The molecule has 0 saturated carbocycles. The van der Waals surface area contributed by atoms with Crippen LogP contribution in [0.2, 0.25) is 0 Å². The van der Waals surface area contributed by atoms with E-state index in [1.54, 1.807) is 12.1 Å². The summed E-state index contributed by atoms with van der Waals surface area (Å²) in [5, 5.41) is 2.84. The van der Waals surface area contributed by atoms with Gasteiger partial charge in [0, 0.05) is 22.6 Å². The minimum absolute atomic E-state index is 0.0330. The Hall–Kier alpha value is -0.940. The van der Waals surface area contributed by atoms with Crippen LogP contribution in [0.3, 0.4) is 0 Å². The van der Waals surface area contributed by atoms with Crippen LogP contribution in [0.15, 0.2) is 22.7 Å². The highest BCUT2D eigenvalue weighted by atomic mass is 79.9. The molecule has 1 aromatic carbocycles. The molecule has 19 heavy (non-hydrogen) atoms. The third-order valence-corrected chi connectivity index (χ3v) is 3.17. The van der Waals surface area contributed by atoms with Crippen LogP contribution in [0, 0.1) is 5.82 Å². The number of carbonyl (C=O) groups excluding carboxylic acids is 1. The highest BCUT2D eigenvalue weighted by Gasteiger charge is 2.12. The predicted octanol–water partition coefficient (Wildman–Crippen LogP) is 2.93. The van der Waals surface area contributed by atoms with E-state index in [1.807, 2.05) is 25.7 Å². The normalized spacial score (nSPS) is 11.1. The zero-order valence-electron chi connectivity index (χ0n) is 11.5. The van der Waals surface area contributed by atoms with Crippen molar-refractivity contribution in [2.24, 2.45) is 0 Å². The van der Waals surface area contributed by atoms with Crippen molar-refractivity contribution >= 4 is 21.8 Å². The second kappa shape index (κ2) is 7.60. The lowest BCUT2D eigenvalue weighted by atomic mass is 10.2. The number of hydrogen-bond acceptors (Lipinski definition) is 2. The topological polar surface area (TPSA) is 32.3 Å². The first-order valence-electron chi connectivity index (χ1n) is 6.38. The molecule has 0 fully saturated rings. The Morgan fingerprint density at radius 2 is 2.16 bits per heavy atom. The van der Waals surface area contributed by atoms with Crippen molar-refractivity contribution in [1.29, 1.82) is 0 Å². The number of nitrogens with one attached hydrogen (secondary N) is 1. The number of likely N-dealkylation sites (N-methyl/N-ethyl adjacent to an activating group) is 1. The Kier molecular flexibility index (Phi) is 6.45. The van der Waals surface area contributed by atoms with Crippen LogP contribution in [0.1, 0.15) is 26.3 Å². The van der Waals surface area contributed by atoms with Crippen molar-refractivity contribution in [3.8, 4) is 0 Å². The number of nitrogens with zero attached hydrogens (tertiary/aromatic N) is 1. The van der Waals surface area contributed by atoms with Crippen LogP contribution < -0.4 is 5.32 Å². The second-order valence-electron chi connectivity index (χ2n) is 4.76. The lowest BCUT2D eigenvalue weighted by molar-refractivity contribution is -0.122. The van der Waals surface area contributed by atoms with E-state index in [0.717, 1.165) is 0 Å². The first-order chi connectivity index (χ1) is 8.92. The Morgan fingerprint density at radius 1 is 1.47 bits per heavy atom. The molecule has 0 saturated heterocycles. The van der Waals surface area contributed by atoms with Crippen LogP contribution in [-0.4, -0.2) is 29.9 Å². The molecular formula is C14H20BrFN2O. The Morgan fingerprint density at radius 3 is 2.68 bits per heavy atom. The molecule has 0 aliphatic carbocycles. The SMILES string of the molecule is CCN(CC(=O)NC(C)C)Cc1ccc(Br)cc1F. The van der Waals surface area contributed by atoms with E-state index in [1.165, 1.54) is 6.07 Å². The lowest BCUT2D eigenvalue weighted by Gasteiger charge is -2.21. The molecule has 0 aliphatic rings.